The third-order valence-corrected chi connectivity index (χ3v) is 4.24. The molecule has 0 saturated heterocycles. The number of Topliss-reactive ketones (excluding diaryl/α,β-unsaturated/α-hetero) is 1. The lowest BCUT2D eigenvalue weighted by molar-refractivity contribution is -0.385. The van der Waals surface area contributed by atoms with Crippen molar-refractivity contribution in [3.8, 4) is 11.1 Å². The number of nitro groups is 1. The number of aromatic nitrogens is 3. The first-order chi connectivity index (χ1) is 13.4. The largest absolute Gasteiger partial charge is 0.340 e. The molecule has 0 amide bonds. The molecule has 0 bridgehead atoms. The molecule has 0 aliphatic heterocycles. The maximum Gasteiger partial charge on any atom is 0.287 e. The number of hydrogen-bond acceptors (Lipinski definition) is 7. The van der Waals surface area contributed by atoms with Gasteiger partial charge in [0.1, 0.15) is 12.0 Å². The lowest BCUT2D eigenvalue weighted by Gasteiger charge is -2.15. The van der Waals surface area contributed by atoms with E-state index in [4.69, 9.17) is 0 Å². The van der Waals surface area contributed by atoms with E-state index in [0.717, 1.165) is 11.8 Å². The Kier molecular flexibility index (Phi) is 5.25. The second-order valence-electron chi connectivity index (χ2n) is 6.05. The second-order valence-corrected chi connectivity index (χ2v) is 6.05. The number of ketones is 1. The minimum absolute atomic E-state index is 0.126. The van der Waals surface area contributed by atoms with Crippen molar-refractivity contribution in [1.29, 1.82) is 0 Å². The van der Waals surface area contributed by atoms with Crippen LogP contribution < -0.4 is 10.9 Å². The van der Waals surface area contributed by atoms with Gasteiger partial charge >= 0.3 is 0 Å². The van der Waals surface area contributed by atoms with E-state index in [9.17, 15) is 19.7 Å². The summed E-state index contributed by atoms with van der Waals surface area (Å²) in [4.78, 5) is 38.6. The zero-order chi connectivity index (χ0) is 20.3. The van der Waals surface area contributed by atoms with Crippen molar-refractivity contribution in [2.75, 3.05) is 5.32 Å². The Labute approximate surface area is 159 Å². The molecule has 2 aromatic heterocycles. The molecular weight excluding hydrogens is 362 g/mol. The van der Waals surface area contributed by atoms with Gasteiger partial charge in [0.05, 0.1) is 16.2 Å². The predicted molar refractivity (Wildman–Crippen MR) is 104 cm³/mol. The number of nitrogens with zero attached hydrogens (tertiary/aromatic N) is 3. The van der Waals surface area contributed by atoms with E-state index in [1.807, 2.05) is 6.92 Å². The molecule has 0 aliphatic carbocycles. The maximum atomic E-state index is 12.2. The smallest absolute Gasteiger partial charge is 0.287 e. The van der Waals surface area contributed by atoms with Crippen molar-refractivity contribution < 1.29 is 9.72 Å². The molecule has 3 rings (SSSR count). The van der Waals surface area contributed by atoms with Crippen LogP contribution in [0, 0.1) is 10.1 Å². The van der Waals surface area contributed by atoms with Gasteiger partial charge in [0.15, 0.2) is 5.78 Å². The lowest BCUT2D eigenvalue weighted by Crippen LogP contribution is -2.12. The fourth-order valence-electron chi connectivity index (χ4n) is 2.84. The van der Waals surface area contributed by atoms with Crippen molar-refractivity contribution in [3.63, 3.8) is 0 Å². The third kappa shape index (κ3) is 3.78. The van der Waals surface area contributed by atoms with E-state index in [2.05, 4.69) is 20.5 Å². The molecule has 0 spiro atoms. The normalized spacial score (nSPS) is 10.5. The van der Waals surface area contributed by atoms with E-state index in [0.29, 0.717) is 34.6 Å². The third-order valence-electron chi connectivity index (χ3n) is 4.24. The summed E-state index contributed by atoms with van der Waals surface area (Å²) in [5.41, 5.74) is 2.35. The van der Waals surface area contributed by atoms with Gasteiger partial charge in [0.2, 0.25) is 0 Å². The summed E-state index contributed by atoms with van der Waals surface area (Å²) in [6.07, 6.45) is 3.25. The Morgan fingerprint density at radius 3 is 2.61 bits per heavy atom. The molecule has 0 radical (unpaired) electrons. The molecule has 0 saturated carbocycles. The Morgan fingerprint density at radius 1 is 1.25 bits per heavy atom. The highest BCUT2D eigenvalue weighted by molar-refractivity contribution is 6.01. The molecule has 0 aliphatic rings. The van der Waals surface area contributed by atoms with Crippen LogP contribution >= 0.6 is 0 Å². The van der Waals surface area contributed by atoms with Crippen LogP contribution in [0.5, 0.6) is 0 Å². The van der Waals surface area contributed by atoms with Gasteiger partial charge in [0.25, 0.3) is 11.2 Å². The van der Waals surface area contributed by atoms with Crippen molar-refractivity contribution in [1.82, 2.24) is 15.2 Å². The van der Waals surface area contributed by atoms with Crippen LogP contribution in [0.15, 0.2) is 47.5 Å². The number of anilines is 2. The highest BCUT2D eigenvalue weighted by Gasteiger charge is 2.16. The van der Waals surface area contributed by atoms with Gasteiger partial charge in [-0.2, -0.15) is 5.10 Å². The SMILES string of the molecule is CCc1cc(Nc2ccc([N+](=O)[O-])cn2)c(C(C)=O)cc1-c1ccn[nH]c1=O. The van der Waals surface area contributed by atoms with E-state index in [1.54, 1.807) is 18.2 Å². The summed E-state index contributed by atoms with van der Waals surface area (Å²) >= 11 is 0. The summed E-state index contributed by atoms with van der Waals surface area (Å²) in [7, 11) is 0. The average molecular weight is 379 g/mol. The quantitative estimate of drug-likeness (QED) is 0.382. The zero-order valence-electron chi connectivity index (χ0n) is 15.2. The van der Waals surface area contributed by atoms with Crippen molar-refractivity contribution in [2.24, 2.45) is 0 Å². The number of rotatable bonds is 6. The van der Waals surface area contributed by atoms with Gasteiger partial charge in [-0.1, -0.05) is 6.92 Å². The standard InChI is InChI=1S/C19H17N5O4/c1-3-12-8-17(22-18-5-4-13(10-20-18)24(27)28)15(11(2)25)9-16(12)14-6-7-21-23-19(14)26/h4-10H,3H2,1-2H3,(H,20,22)(H,23,26). The molecule has 2 N–H and O–H groups in total. The molecular formula is C19H17N5O4. The number of nitrogens with one attached hydrogen (secondary N) is 2. The maximum absolute atomic E-state index is 12.2. The van der Waals surface area contributed by atoms with Crippen LogP contribution in [0.25, 0.3) is 11.1 Å². The predicted octanol–water partition coefficient (Wildman–Crippen LogP) is 3.25. The van der Waals surface area contributed by atoms with Gasteiger partial charge in [-0.25, -0.2) is 10.1 Å². The van der Waals surface area contributed by atoms with E-state index >= 15 is 0 Å². The Hall–Kier alpha value is -3.88. The van der Waals surface area contributed by atoms with Crippen LogP contribution in [-0.4, -0.2) is 25.9 Å². The molecule has 3 aromatic rings. The lowest BCUT2D eigenvalue weighted by atomic mass is 9.94. The first-order valence-corrected chi connectivity index (χ1v) is 8.50. The Morgan fingerprint density at radius 2 is 2.04 bits per heavy atom. The van der Waals surface area contributed by atoms with Crippen molar-refractivity contribution >= 4 is 23.0 Å². The number of pyridine rings is 1. The van der Waals surface area contributed by atoms with Crippen LogP contribution in [0.1, 0.15) is 29.8 Å². The summed E-state index contributed by atoms with van der Waals surface area (Å²) in [6.45, 7) is 3.37. The summed E-state index contributed by atoms with van der Waals surface area (Å²) in [5, 5.41) is 19.9. The molecule has 28 heavy (non-hydrogen) atoms. The molecule has 0 atom stereocenters. The highest BCUT2D eigenvalue weighted by Crippen LogP contribution is 2.30. The monoisotopic (exact) mass is 379 g/mol. The molecule has 1 aromatic carbocycles. The molecule has 9 nitrogen and oxygen atoms in total. The first-order valence-electron chi connectivity index (χ1n) is 8.50. The highest BCUT2D eigenvalue weighted by atomic mass is 16.6. The van der Waals surface area contributed by atoms with Gasteiger partial charge in [-0.3, -0.25) is 19.7 Å². The van der Waals surface area contributed by atoms with Crippen molar-refractivity contribution in [3.05, 3.63) is 74.3 Å². The molecule has 142 valence electrons. The fourth-order valence-corrected chi connectivity index (χ4v) is 2.84. The number of hydrogen-bond donors (Lipinski definition) is 2. The average Bonchev–Trinajstić information content (AvgIpc) is 2.68. The minimum atomic E-state index is -0.534. The number of aryl methyl sites for hydroxylation is 1. The first kappa shape index (κ1) is 18.9. The summed E-state index contributed by atoms with van der Waals surface area (Å²) < 4.78 is 0. The Balaban J connectivity index is 2.09. The van der Waals surface area contributed by atoms with Crippen LogP contribution in [0.3, 0.4) is 0 Å². The fraction of sp³-hybridized carbons (Fsp3) is 0.158. The Bertz CT molecular complexity index is 1110. The van der Waals surface area contributed by atoms with Gasteiger partial charge in [-0.15, -0.1) is 0 Å². The van der Waals surface area contributed by atoms with Crippen molar-refractivity contribution in [2.45, 2.75) is 20.3 Å². The topological polar surface area (TPSA) is 131 Å². The van der Waals surface area contributed by atoms with Gasteiger partial charge in [-0.05, 0) is 48.7 Å². The second kappa shape index (κ2) is 7.78. The molecule has 0 fully saturated rings. The number of carbonyl (C=O) groups is 1. The number of benzene rings is 1. The van der Waals surface area contributed by atoms with Gasteiger partial charge < -0.3 is 5.32 Å². The van der Waals surface area contributed by atoms with E-state index in [-0.39, 0.29) is 17.0 Å². The number of aromatic amines is 1. The molecule has 9 heteroatoms. The molecule has 0 unspecified atom stereocenters. The zero-order valence-corrected chi connectivity index (χ0v) is 15.2. The van der Waals surface area contributed by atoms with Crippen LogP contribution in [-0.2, 0) is 6.42 Å². The van der Waals surface area contributed by atoms with Crippen LogP contribution in [0.4, 0.5) is 17.2 Å². The summed E-state index contributed by atoms with van der Waals surface area (Å²) in [5.74, 6) is 0.170. The van der Waals surface area contributed by atoms with E-state index in [1.165, 1.54) is 25.3 Å². The molecule has 2 heterocycles. The van der Waals surface area contributed by atoms with Gasteiger partial charge in [0, 0.05) is 17.8 Å². The summed E-state index contributed by atoms with van der Waals surface area (Å²) in [6, 6.07) is 7.85. The minimum Gasteiger partial charge on any atom is -0.340 e. The van der Waals surface area contributed by atoms with Crippen LogP contribution in [0.2, 0.25) is 0 Å². The number of carbonyl (C=O) groups excluding carboxylic acids is 1. The van der Waals surface area contributed by atoms with E-state index < -0.39 is 4.92 Å². The number of H-pyrrole nitrogens is 1.